The van der Waals surface area contributed by atoms with E-state index in [4.69, 9.17) is 37.9 Å². The minimum absolute atomic E-state index is 0.116. The van der Waals surface area contributed by atoms with E-state index in [1.54, 1.807) is 0 Å². The molecule has 5 atom stereocenters. The van der Waals surface area contributed by atoms with Crippen LogP contribution in [0.15, 0.2) is 0 Å². The van der Waals surface area contributed by atoms with Crippen molar-refractivity contribution in [2.75, 3.05) is 39.6 Å². The van der Waals surface area contributed by atoms with E-state index in [0.29, 0.717) is 26.4 Å². The lowest BCUT2D eigenvalue weighted by Crippen LogP contribution is -2.63. The lowest BCUT2D eigenvalue weighted by atomic mass is 9.98. The second-order valence-electron chi connectivity index (χ2n) is 16.2. The van der Waals surface area contributed by atoms with Crippen LogP contribution in [0.1, 0.15) is 196 Å². The number of hydrogen-bond donors (Lipinski definition) is 0. The molecule has 0 saturated carbocycles. The van der Waals surface area contributed by atoms with Gasteiger partial charge < -0.3 is 37.9 Å². The molecule has 1 heterocycles. The summed E-state index contributed by atoms with van der Waals surface area (Å²) in [6, 6.07) is 0. The largest absolute Gasteiger partial charge is 0.463 e. The standard InChI is InChI=1S/C46H84O12/c1-7-9-11-13-15-17-19-21-23-25-27-29-31-51-33-41(34-52-32-30-28-26-24-22-20-18-16-14-12-10-8-2)35-54-46-45(57-40(6)50)44(56-39(5)49)43(55-38(4)48)42(58-46)36-53-37(3)47/h41-46H,7-36H2,1-6H3/t42-,43+,44+,45-,46-/m1/s1. The quantitative estimate of drug-likeness (QED) is 0.0332. The predicted octanol–water partition coefficient (Wildman–Crippen LogP) is 10.1. The smallest absolute Gasteiger partial charge is 0.303 e. The van der Waals surface area contributed by atoms with Gasteiger partial charge in [0.2, 0.25) is 0 Å². The van der Waals surface area contributed by atoms with Gasteiger partial charge in [-0.25, -0.2) is 0 Å². The number of carbonyl (C=O) groups is 4. The van der Waals surface area contributed by atoms with Crippen molar-refractivity contribution in [2.45, 2.75) is 226 Å². The van der Waals surface area contributed by atoms with Crippen molar-refractivity contribution in [3.8, 4) is 0 Å². The van der Waals surface area contributed by atoms with E-state index in [1.807, 2.05) is 0 Å². The lowest BCUT2D eigenvalue weighted by Gasteiger charge is -2.44. The molecular formula is C46H84O12. The van der Waals surface area contributed by atoms with Gasteiger partial charge in [-0.05, 0) is 12.8 Å². The van der Waals surface area contributed by atoms with Crippen LogP contribution in [0, 0.1) is 5.92 Å². The number of rotatable bonds is 38. The van der Waals surface area contributed by atoms with Gasteiger partial charge in [0, 0.05) is 46.8 Å². The maximum absolute atomic E-state index is 12.3. The highest BCUT2D eigenvalue weighted by Crippen LogP contribution is 2.30. The normalized spacial score (nSPS) is 19.3. The van der Waals surface area contributed by atoms with Crippen LogP contribution < -0.4 is 0 Å². The van der Waals surface area contributed by atoms with E-state index >= 15 is 0 Å². The summed E-state index contributed by atoms with van der Waals surface area (Å²) >= 11 is 0. The molecule has 12 nitrogen and oxygen atoms in total. The monoisotopic (exact) mass is 829 g/mol. The van der Waals surface area contributed by atoms with Gasteiger partial charge >= 0.3 is 23.9 Å². The van der Waals surface area contributed by atoms with Crippen LogP contribution in [-0.2, 0) is 57.1 Å². The van der Waals surface area contributed by atoms with Crippen molar-refractivity contribution in [1.82, 2.24) is 0 Å². The van der Waals surface area contributed by atoms with Gasteiger partial charge in [0.05, 0.1) is 19.8 Å². The SMILES string of the molecule is CCCCCCCCCCCCCCOCC(COCCCCCCCCCCCCCC)CO[C@@H]1O[C@H](COC(C)=O)[C@H](OC(C)=O)[C@H](OC(C)=O)[C@H]1OC(C)=O. The molecule has 0 aromatic carbocycles. The Morgan fingerprint density at radius 1 is 0.448 bits per heavy atom. The average Bonchev–Trinajstić information content (AvgIpc) is 3.17. The second-order valence-corrected chi connectivity index (χ2v) is 16.2. The minimum atomic E-state index is -1.29. The molecule has 0 radical (unpaired) electrons. The molecule has 0 aromatic heterocycles. The van der Waals surface area contributed by atoms with Crippen molar-refractivity contribution in [1.29, 1.82) is 0 Å². The molecule has 1 aliphatic rings. The number of ether oxygens (including phenoxy) is 8. The third kappa shape index (κ3) is 29.0. The highest BCUT2D eigenvalue weighted by atomic mass is 16.7. The lowest BCUT2D eigenvalue weighted by molar-refractivity contribution is -0.310. The third-order valence-corrected chi connectivity index (χ3v) is 10.4. The van der Waals surface area contributed by atoms with Crippen molar-refractivity contribution in [3.63, 3.8) is 0 Å². The first-order valence-corrected chi connectivity index (χ1v) is 23.2. The van der Waals surface area contributed by atoms with Crippen LogP contribution in [0.3, 0.4) is 0 Å². The maximum atomic E-state index is 12.3. The van der Waals surface area contributed by atoms with Crippen LogP contribution in [0.2, 0.25) is 0 Å². The zero-order chi connectivity index (χ0) is 42.6. The summed E-state index contributed by atoms with van der Waals surface area (Å²) < 4.78 is 46.5. The van der Waals surface area contributed by atoms with Crippen LogP contribution in [-0.4, -0.2) is 94.2 Å². The number of unbranched alkanes of at least 4 members (excludes halogenated alkanes) is 22. The summed E-state index contributed by atoms with van der Waals surface area (Å²) in [7, 11) is 0. The Kier molecular flexibility index (Phi) is 33.9. The molecule has 0 spiro atoms. The third-order valence-electron chi connectivity index (χ3n) is 10.4. The Labute approximate surface area is 352 Å². The van der Waals surface area contributed by atoms with Crippen molar-refractivity contribution in [3.05, 3.63) is 0 Å². The molecule has 1 aliphatic heterocycles. The zero-order valence-electron chi connectivity index (χ0n) is 37.6. The van der Waals surface area contributed by atoms with E-state index in [-0.39, 0.29) is 19.1 Å². The molecule has 1 rings (SSSR count). The van der Waals surface area contributed by atoms with Gasteiger partial charge in [-0.1, -0.05) is 155 Å². The summed E-state index contributed by atoms with van der Waals surface area (Å²) in [5, 5.41) is 0. The molecule has 12 heteroatoms. The summed E-state index contributed by atoms with van der Waals surface area (Å²) in [5.41, 5.74) is 0. The molecule has 0 N–H and O–H groups in total. The molecule has 0 bridgehead atoms. The summed E-state index contributed by atoms with van der Waals surface area (Å²) in [4.78, 5) is 48.4. The van der Waals surface area contributed by atoms with Crippen LogP contribution in [0.4, 0.5) is 0 Å². The van der Waals surface area contributed by atoms with Gasteiger partial charge in [-0.3, -0.25) is 19.2 Å². The molecule has 340 valence electrons. The Morgan fingerprint density at radius 3 is 1.19 bits per heavy atom. The molecular weight excluding hydrogens is 744 g/mol. The van der Waals surface area contributed by atoms with Gasteiger partial charge in [0.15, 0.2) is 24.6 Å². The first-order chi connectivity index (χ1) is 28.1. The predicted molar refractivity (Wildman–Crippen MR) is 225 cm³/mol. The fraction of sp³-hybridized carbons (Fsp3) is 0.913. The fourth-order valence-electron chi connectivity index (χ4n) is 7.29. The number of esters is 4. The molecule has 58 heavy (non-hydrogen) atoms. The summed E-state index contributed by atoms with van der Waals surface area (Å²) in [6.07, 6.45) is 24.4. The van der Waals surface area contributed by atoms with Crippen molar-refractivity contribution >= 4 is 23.9 Å². The first-order valence-electron chi connectivity index (χ1n) is 23.2. The highest BCUT2D eigenvalue weighted by molar-refractivity contribution is 5.68. The van der Waals surface area contributed by atoms with E-state index in [0.717, 1.165) is 25.7 Å². The van der Waals surface area contributed by atoms with E-state index in [1.165, 1.54) is 156 Å². The van der Waals surface area contributed by atoms with Crippen molar-refractivity contribution in [2.24, 2.45) is 5.92 Å². The van der Waals surface area contributed by atoms with Gasteiger partial charge in [-0.2, -0.15) is 0 Å². The Hall–Kier alpha value is -2.28. The topological polar surface area (TPSA) is 142 Å². The molecule has 1 fully saturated rings. The Morgan fingerprint density at radius 2 is 0.810 bits per heavy atom. The molecule has 0 aromatic rings. The minimum Gasteiger partial charge on any atom is -0.463 e. The number of carbonyl (C=O) groups excluding carboxylic acids is 4. The maximum Gasteiger partial charge on any atom is 0.303 e. The van der Waals surface area contributed by atoms with Gasteiger partial charge in [0.1, 0.15) is 12.7 Å². The molecule has 0 unspecified atom stereocenters. The fourth-order valence-corrected chi connectivity index (χ4v) is 7.29. The van der Waals surface area contributed by atoms with E-state index in [2.05, 4.69) is 13.8 Å². The average molecular weight is 829 g/mol. The Bertz CT molecular complexity index is 1010. The summed E-state index contributed by atoms with van der Waals surface area (Å²) in [6.45, 7) is 11.2. The van der Waals surface area contributed by atoms with Gasteiger partial charge in [-0.15, -0.1) is 0 Å². The second kappa shape index (κ2) is 36.6. The highest BCUT2D eigenvalue weighted by Gasteiger charge is 2.52. The number of hydrogen-bond acceptors (Lipinski definition) is 12. The van der Waals surface area contributed by atoms with Crippen LogP contribution >= 0.6 is 0 Å². The first kappa shape index (κ1) is 53.7. The van der Waals surface area contributed by atoms with Gasteiger partial charge in [0.25, 0.3) is 0 Å². The molecule has 1 saturated heterocycles. The Balaban J connectivity index is 2.77. The van der Waals surface area contributed by atoms with Crippen LogP contribution in [0.5, 0.6) is 0 Å². The zero-order valence-corrected chi connectivity index (χ0v) is 37.6. The molecule has 0 amide bonds. The van der Waals surface area contributed by atoms with E-state index in [9.17, 15) is 19.2 Å². The van der Waals surface area contributed by atoms with Crippen LogP contribution in [0.25, 0.3) is 0 Å². The molecule has 0 aliphatic carbocycles. The summed E-state index contributed by atoms with van der Waals surface area (Å²) in [5.74, 6) is -2.81. The van der Waals surface area contributed by atoms with E-state index < -0.39 is 54.6 Å². The van der Waals surface area contributed by atoms with Crippen molar-refractivity contribution < 1.29 is 57.1 Å².